The van der Waals surface area contributed by atoms with Crippen LogP contribution in [0.2, 0.25) is 0 Å². The Labute approximate surface area is 141 Å². The SMILES string of the molecule is Fc1cccc(F)c1Oc1ccnc(Nc2nc(C(F)(F)F)cs2)c1. The summed E-state index contributed by atoms with van der Waals surface area (Å²) in [5, 5.41) is 3.41. The lowest BCUT2D eigenvalue weighted by Crippen LogP contribution is -2.05. The Kier molecular flexibility index (Phi) is 4.53. The van der Waals surface area contributed by atoms with E-state index in [0.29, 0.717) is 0 Å². The van der Waals surface area contributed by atoms with Crippen molar-refractivity contribution in [1.82, 2.24) is 9.97 Å². The van der Waals surface area contributed by atoms with E-state index < -0.39 is 29.3 Å². The first-order valence-electron chi connectivity index (χ1n) is 6.70. The molecule has 0 aliphatic carbocycles. The number of nitrogens with zero attached hydrogens (tertiary/aromatic N) is 2. The van der Waals surface area contributed by atoms with Crippen LogP contribution < -0.4 is 10.1 Å². The number of pyridine rings is 1. The lowest BCUT2D eigenvalue weighted by molar-refractivity contribution is -0.140. The van der Waals surface area contributed by atoms with Crippen molar-refractivity contribution in [2.45, 2.75) is 6.18 Å². The lowest BCUT2D eigenvalue weighted by atomic mass is 10.3. The van der Waals surface area contributed by atoms with Gasteiger partial charge in [-0.05, 0) is 18.2 Å². The van der Waals surface area contributed by atoms with Crippen LogP contribution in [0.3, 0.4) is 0 Å². The first-order chi connectivity index (χ1) is 11.8. The standard InChI is InChI=1S/C15H8F5N3OS/c16-9-2-1-3-10(17)13(9)24-8-4-5-21-12(6-8)23-14-22-11(7-25-14)15(18,19)20/h1-7H,(H,21,22,23). The number of rotatable bonds is 4. The van der Waals surface area contributed by atoms with Gasteiger partial charge in [0.25, 0.3) is 0 Å². The molecule has 3 rings (SSSR count). The van der Waals surface area contributed by atoms with Crippen LogP contribution in [0.15, 0.2) is 41.9 Å². The molecule has 130 valence electrons. The van der Waals surface area contributed by atoms with Gasteiger partial charge in [-0.25, -0.2) is 18.7 Å². The number of benzene rings is 1. The number of nitrogens with one attached hydrogen (secondary N) is 1. The fourth-order valence-corrected chi connectivity index (χ4v) is 2.54. The van der Waals surface area contributed by atoms with Crippen molar-refractivity contribution in [1.29, 1.82) is 0 Å². The van der Waals surface area contributed by atoms with Gasteiger partial charge in [0.05, 0.1) is 0 Å². The van der Waals surface area contributed by atoms with Gasteiger partial charge >= 0.3 is 6.18 Å². The molecule has 0 fully saturated rings. The third kappa shape index (κ3) is 4.02. The Balaban J connectivity index is 1.79. The molecule has 0 saturated carbocycles. The second-order valence-electron chi connectivity index (χ2n) is 4.69. The van der Waals surface area contributed by atoms with E-state index in [4.69, 9.17) is 4.74 Å². The first-order valence-corrected chi connectivity index (χ1v) is 7.58. The Morgan fingerprint density at radius 2 is 1.80 bits per heavy atom. The third-order valence-electron chi connectivity index (χ3n) is 2.90. The summed E-state index contributed by atoms with van der Waals surface area (Å²) in [6, 6.07) is 5.89. The fourth-order valence-electron chi connectivity index (χ4n) is 1.81. The average molecular weight is 373 g/mol. The highest BCUT2D eigenvalue weighted by atomic mass is 32.1. The quantitative estimate of drug-likeness (QED) is 0.625. The van der Waals surface area contributed by atoms with E-state index in [0.717, 1.165) is 28.8 Å². The average Bonchev–Trinajstić information content (AvgIpc) is 3.00. The maximum absolute atomic E-state index is 13.6. The minimum Gasteiger partial charge on any atom is -0.451 e. The minimum atomic E-state index is -4.54. The van der Waals surface area contributed by atoms with Crippen LogP contribution in [0.5, 0.6) is 11.5 Å². The van der Waals surface area contributed by atoms with Gasteiger partial charge < -0.3 is 10.1 Å². The molecule has 3 aromatic rings. The molecule has 0 saturated heterocycles. The first kappa shape index (κ1) is 17.1. The minimum absolute atomic E-state index is 0.0333. The van der Waals surface area contributed by atoms with Crippen LogP contribution in [0.1, 0.15) is 5.69 Å². The Morgan fingerprint density at radius 1 is 1.08 bits per heavy atom. The van der Waals surface area contributed by atoms with Crippen LogP contribution >= 0.6 is 11.3 Å². The van der Waals surface area contributed by atoms with Gasteiger partial charge in [-0.3, -0.25) is 0 Å². The number of aromatic nitrogens is 2. The van der Waals surface area contributed by atoms with Crippen LogP contribution in [0, 0.1) is 11.6 Å². The summed E-state index contributed by atoms with van der Waals surface area (Å²) < 4.78 is 69.9. The van der Waals surface area contributed by atoms with Crippen molar-refractivity contribution in [3.05, 3.63) is 59.2 Å². The zero-order chi connectivity index (χ0) is 18.0. The van der Waals surface area contributed by atoms with Crippen molar-refractivity contribution in [2.75, 3.05) is 5.32 Å². The number of para-hydroxylation sites is 1. The molecule has 0 bridgehead atoms. The van der Waals surface area contributed by atoms with E-state index in [9.17, 15) is 22.0 Å². The number of hydrogen-bond acceptors (Lipinski definition) is 5. The highest BCUT2D eigenvalue weighted by Gasteiger charge is 2.33. The molecule has 0 radical (unpaired) electrons. The zero-order valence-corrected chi connectivity index (χ0v) is 13.0. The van der Waals surface area contributed by atoms with Gasteiger partial charge in [-0.2, -0.15) is 13.2 Å². The van der Waals surface area contributed by atoms with E-state index in [1.54, 1.807) is 0 Å². The molecular formula is C15H8F5N3OS. The molecule has 10 heteroatoms. The molecule has 4 nitrogen and oxygen atoms in total. The third-order valence-corrected chi connectivity index (χ3v) is 3.66. The molecule has 0 amide bonds. The largest absolute Gasteiger partial charge is 0.451 e. The summed E-state index contributed by atoms with van der Waals surface area (Å²) in [5.74, 6) is -2.21. The monoisotopic (exact) mass is 373 g/mol. The molecule has 0 aliphatic rings. The lowest BCUT2D eigenvalue weighted by Gasteiger charge is -2.09. The summed E-state index contributed by atoms with van der Waals surface area (Å²) in [7, 11) is 0. The number of thiazole rings is 1. The highest BCUT2D eigenvalue weighted by molar-refractivity contribution is 7.13. The highest BCUT2D eigenvalue weighted by Crippen LogP contribution is 2.33. The molecule has 0 spiro atoms. The van der Waals surface area contributed by atoms with Gasteiger partial charge in [0.2, 0.25) is 0 Å². The summed E-state index contributed by atoms with van der Waals surface area (Å²) >= 11 is 0.743. The number of anilines is 2. The van der Waals surface area contributed by atoms with Gasteiger partial charge in [0.15, 0.2) is 28.2 Å². The van der Waals surface area contributed by atoms with Crippen molar-refractivity contribution in [3.63, 3.8) is 0 Å². The molecule has 25 heavy (non-hydrogen) atoms. The van der Waals surface area contributed by atoms with Crippen molar-refractivity contribution in [3.8, 4) is 11.5 Å². The molecule has 2 heterocycles. The van der Waals surface area contributed by atoms with Gasteiger partial charge in [0, 0.05) is 17.6 Å². The van der Waals surface area contributed by atoms with Crippen LogP contribution in [0.4, 0.5) is 32.9 Å². The summed E-state index contributed by atoms with van der Waals surface area (Å²) in [4.78, 5) is 7.30. The molecule has 2 aromatic heterocycles. The Bertz CT molecular complexity index is 877. The van der Waals surface area contributed by atoms with E-state index in [1.807, 2.05) is 0 Å². The molecule has 0 unspecified atom stereocenters. The number of ether oxygens (including phenoxy) is 1. The molecule has 1 N–H and O–H groups in total. The van der Waals surface area contributed by atoms with Crippen LogP contribution in [-0.4, -0.2) is 9.97 Å². The fraction of sp³-hybridized carbons (Fsp3) is 0.0667. The maximum Gasteiger partial charge on any atom is 0.434 e. The molecule has 0 aliphatic heterocycles. The van der Waals surface area contributed by atoms with Crippen molar-refractivity contribution in [2.24, 2.45) is 0 Å². The Morgan fingerprint density at radius 3 is 2.44 bits per heavy atom. The summed E-state index contributed by atoms with van der Waals surface area (Å²) in [6.45, 7) is 0. The second-order valence-corrected chi connectivity index (χ2v) is 5.55. The zero-order valence-electron chi connectivity index (χ0n) is 12.1. The van der Waals surface area contributed by atoms with Crippen molar-refractivity contribution < 1.29 is 26.7 Å². The van der Waals surface area contributed by atoms with Gasteiger partial charge in [-0.15, -0.1) is 11.3 Å². The summed E-state index contributed by atoms with van der Waals surface area (Å²) in [6.07, 6.45) is -3.27. The van der Waals surface area contributed by atoms with E-state index >= 15 is 0 Å². The number of alkyl halides is 3. The normalized spacial score (nSPS) is 11.4. The smallest absolute Gasteiger partial charge is 0.434 e. The topological polar surface area (TPSA) is 47.0 Å². The molecular weight excluding hydrogens is 365 g/mol. The van der Waals surface area contributed by atoms with Gasteiger partial charge in [0.1, 0.15) is 11.6 Å². The molecule has 1 aromatic carbocycles. The maximum atomic E-state index is 13.6. The van der Waals surface area contributed by atoms with Crippen molar-refractivity contribution >= 4 is 22.3 Å². The summed E-state index contributed by atoms with van der Waals surface area (Å²) in [5.41, 5.74) is -1.03. The van der Waals surface area contributed by atoms with Gasteiger partial charge in [-0.1, -0.05) is 6.07 Å². The van der Waals surface area contributed by atoms with E-state index in [-0.39, 0.29) is 16.7 Å². The number of halogens is 5. The second kappa shape index (κ2) is 6.63. The number of hydrogen-bond donors (Lipinski definition) is 1. The van der Waals surface area contributed by atoms with Crippen LogP contribution in [0.25, 0.3) is 0 Å². The van der Waals surface area contributed by atoms with E-state index in [1.165, 1.54) is 24.4 Å². The Hall–Kier alpha value is -2.75. The van der Waals surface area contributed by atoms with E-state index in [2.05, 4.69) is 15.3 Å². The molecule has 0 atom stereocenters. The predicted molar refractivity (Wildman–Crippen MR) is 81.1 cm³/mol. The van der Waals surface area contributed by atoms with Crippen LogP contribution in [-0.2, 0) is 6.18 Å². The predicted octanol–water partition coefficient (Wildman–Crippen LogP) is 5.37.